The first-order valence-corrected chi connectivity index (χ1v) is 9.61. The standard InChI is InChI=1S/C17H32N2S/c1-4-5-6-7-10-15(3)18-16-19-17(13-20-16)11-8-9-14(2)12-17/h14-15H,4-13H2,1-3H3,(H,18,19). The van der Waals surface area contributed by atoms with Gasteiger partial charge < -0.3 is 5.32 Å². The van der Waals surface area contributed by atoms with E-state index in [9.17, 15) is 0 Å². The molecule has 1 aliphatic heterocycles. The van der Waals surface area contributed by atoms with Crippen LogP contribution in [0.2, 0.25) is 0 Å². The van der Waals surface area contributed by atoms with E-state index >= 15 is 0 Å². The van der Waals surface area contributed by atoms with Crippen molar-refractivity contribution in [1.29, 1.82) is 0 Å². The minimum absolute atomic E-state index is 0.378. The zero-order valence-corrected chi connectivity index (χ0v) is 14.4. The summed E-state index contributed by atoms with van der Waals surface area (Å²) in [7, 11) is 0. The average molecular weight is 297 g/mol. The predicted octanol–water partition coefficient (Wildman–Crippen LogP) is 4.99. The normalized spacial score (nSPS) is 33.5. The van der Waals surface area contributed by atoms with Gasteiger partial charge in [0.05, 0.1) is 0 Å². The van der Waals surface area contributed by atoms with Gasteiger partial charge in [-0.05, 0) is 32.1 Å². The minimum Gasteiger partial charge on any atom is -0.359 e. The molecular formula is C17H32N2S. The maximum atomic E-state index is 4.92. The maximum Gasteiger partial charge on any atom is 0.157 e. The van der Waals surface area contributed by atoms with Gasteiger partial charge in [-0.2, -0.15) is 0 Å². The Hall–Kier alpha value is -0.180. The molecule has 116 valence electrons. The summed E-state index contributed by atoms with van der Waals surface area (Å²) in [5.41, 5.74) is 0.378. The summed E-state index contributed by atoms with van der Waals surface area (Å²) in [6, 6.07) is 0.484. The van der Waals surface area contributed by atoms with E-state index in [-0.39, 0.29) is 0 Å². The molecule has 1 saturated heterocycles. The Morgan fingerprint density at radius 1 is 1.40 bits per heavy atom. The minimum atomic E-state index is 0.378. The number of nitrogens with one attached hydrogen (secondary N) is 1. The van der Waals surface area contributed by atoms with E-state index in [0.717, 1.165) is 5.92 Å². The van der Waals surface area contributed by atoms with Gasteiger partial charge in [0.1, 0.15) is 0 Å². The molecule has 0 bridgehead atoms. The van der Waals surface area contributed by atoms with Crippen LogP contribution in [0.4, 0.5) is 0 Å². The Bertz CT molecular complexity index is 329. The molecule has 0 radical (unpaired) electrons. The highest BCUT2D eigenvalue weighted by atomic mass is 32.2. The van der Waals surface area contributed by atoms with Crippen molar-refractivity contribution in [2.45, 2.75) is 90.1 Å². The quantitative estimate of drug-likeness (QED) is 0.699. The molecule has 2 aliphatic rings. The third-order valence-corrected chi connectivity index (χ3v) is 5.94. The summed E-state index contributed by atoms with van der Waals surface area (Å²) >= 11 is 1.96. The lowest BCUT2D eigenvalue weighted by Crippen LogP contribution is -2.47. The van der Waals surface area contributed by atoms with Gasteiger partial charge in [0.15, 0.2) is 5.17 Å². The molecule has 1 saturated carbocycles. The Kier molecular flexibility index (Phi) is 6.25. The molecule has 2 rings (SSSR count). The van der Waals surface area contributed by atoms with Gasteiger partial charge >= 0.3 is 0 Å². The van der Waals surface area contributed by atoms with E-state index in [1.165, 1.54) is 68.7 Å². The van der Waals surface area contributed by atoms with Crippen molar-refractivity contribution in [3.63, 3.8) is 0 Å². The van der Waals surface area contributed by atoms with Crippen LogP contribution in [0.15, 0.2) is 4.99 Å². The van der Waals surface area contributed by atoms with Gasteiger partial charge in [0.2, 0.25) is 0 Å². The average Bonchev–Trinajstić information content (AvgIpc) is 2.77. The highest BCUT2D eigenvalue weighted by molar-refractivity contribution is 8.14. The molecule has 0 aromatic carbocycles. The van der Waals surface area contributed by atoms with Gasteiger partial charge in [-0.1, -0.05) is 64.1 Å². The third-order valence-electron chi connectivity index (χ3n) is 4.76. The lowest BCUT2D eigenvalue weighted by atomic mass is 9.78. The molecule has 1 heterocycles. The van der Waals surface area contributed by atoms with Gasteiger partial charge in [-0.25, -0.2) is 0 Å². The second kappa shape index (κ2) is 7.72. The summed E-state index contributed by atoms with van der Waals surface area (Å²) in [6.45, 7) is 6.95. The summed E-state index contributed by atoms with van der Waals surface area (Å²) in [6.07, 6.45) is 12.1. The molecule has 0 aromatic heterocycles. The van der Waals surface area contributed by atoms with Crippen LogP contribution >= 0.6 is 11.8 Å². The van der Waals surface area contributed by atoms with Gasteiger partial charge in [-0.15, -0.1) is 0 Å². The number of nitrogens with zero attached hydrogens (tertiary/aromatic N) is 1. The van der Waals surface area contributed by atoms with E-state index in [2.05, 4.69) is 26.1 Å². The first-order chi connectivity index (χ1) is 9.63. The highest BCUT2D eigenvalue weighted by Crippen LogP contribution is 2.38. The number of hydrogen-bond acceptors (Lipinski definition) is 2. The smallest absolute Gasteiger partial charge is 0.157 e. The molecule has 1 aliphatic carbocycles. The molecule has 1 N–H and O–H groups in total. The Labute approximate surface area is 129 Å². The first-order valence-electron chi connectivity index (χ1n) is 8.62. The van der Waals surface area contributed by atoms with Crippen LogP contribution in [0.3, 0.4) is 0 Å². The fourth-order valence-corrected chi connectivity index (χ4v) is 4.90. The topological polar surface area (TPSA) is 24.4 Å². The van der Waals surface area contributed by atoms with Crippen LogP contribution < -0.4 is 5.32 Å². The Morgan fingerprint density at radius 3 is 3.00 bits per heavy atom. The summed E-state index contributed by atoms with van der Waals surface area (Å²) < 4.78 is 0. The van der Waals surface area contributed by atoms with Gasteiger partial charge in [0, 0.05) is 17.3 Å². The number of unbranched alkanes of at least 4 members (excludes halogenated alkanes) is 3. The molecule has 0 aromatic rings. The van der Waals surface area contributed by atoms with Crippen LogP contribution in [0, 0.1) is 5.92 Å². The summed E-state index contributed by atoms with van der Waals surface area (Å²) in [4.78, 5) is 4.92. The van der Waals surface area contributed by atoms with Crippen LogP contribution in [-0.4, -0.2) is 22.5 Å². The van der Waals surface area contributed by atoms with Crippen molar-refractivity contribution in [1.82, 2.24) is 5.32 Å². The van der Waals surface area contributed by atoms with Crippen molar-refractivity contribution in [2.24, 2.45) is 10.9 Å². The third kappa shape index (κ3) is 4.68. The second-order valence-corrected chi connectivity index (χ2v) is 7.99. The summed E-state index contributed by atoms with van der Waals surface area (Å²) in [5.74, 6) is 2.11. The van der Waals surface area contributed by atoms with E-state index in [1.54, 1.807) is 0 Å². The Balaban J connectivity index is 1.77. The molecule has 1 spiro atoms. The van der Waals surface area contributed by atoms with E-state index in [1.807, 2.05) is 11.8 Å². The number of hydrogen-bond donors (Lipinski definition) is 1. The van der Waals surface area contributed by atoms with E-state index in [4.69, 9.17) is 4.99 Å². The number of thioether (sulfide) groups is 1. The molecule has 2 fully saturated rings. The molecule has 3 heteroatoms. The lowest BCUT2D eigenvalue weighted by molar-refractivity contribution is 0.242. The van der Waals surface area contributed by atoms with Crippen molar-refractivity contribution < 1.29 is 0 Å². The van der Waals surface area contributed by atoms with E-state index in [0.29, 0.717) is 11.6 Å². The van der Waals surface area contributed by atoms with Crippen LogP contribution in [0.25, 0.3) is 0 Å². The van der Waals surface area contributed by atoms with Crippen LogP contribution in [0.5, 0.6) is 0 Å². The van der Waals surface area contributed by atoms with Crippen molar-refractivity contribution in [2.75, 3.05) is 5.75 Å². The number of aliphatic imine (C=N–C) groups is 1. The molecular weight excluding hydrogens is 264 g/mol. The number of rotatable bonds is 6. The fraction of sp³-hybridized carbons (Fsp3) is 0.941. The molecule has 3 atom stereocenters. The van der Waals surface area contributed by atoms with Crippen LogP contribution in [-0.2, 0) is 0 Å². The largest absolute Gasteiger partial charge is 0.359 e. The van der Waals surface area contributed by atoms with E-state index < -0.39 is 0 Å². The highest BCUT2D eigenvalue weighted by Gasteiger charge is 2.40. The van der Waals surface area contributed by atoms with Crippen molar-refractivity contribution >= 4 is 16.9 Å². The second-order valence-electron chi connectivity index (χ2n) is 7.03. The number of amidine groups is 1. The SMILES string of the molecule is CCCCCCC(C)N=C1NC2(CCCC(C)C2)CS1. The predicted molar refractivity (Wildman–Crippen MR) is 91.6 cm³/mol. The summed E-state index contributed by atoms with van der Waals surface area (Å²) in [5, 5.41) is 5.01. The first kappa shape index (κ1) is 16.2. The fourth-order valence-electron chi connectivity index (χ4n) is 3.61. The monoisotopic (exact) mass is 296 g/mol. The van der Waals surface area contributed by atoms with Crippen molar-refractivity contribution in [3.05, 3.63) is 0 Å². The molecule has 20 heavy (non-hydrogen) atoms. The Morgan fingerprint density at radius 2 is 2.25 bits per heavy atom. The lowest BCUT2D eigenvalue weighted by Gasteiger charge is -2.36. The molecule has 3 unspecified atom stereocenters. The van der Waals surface area contributed by atoms with Crippen molar-refractivity contribution in [3.8, 4) is 0 Å². The molecule has 0 amide bonds. The molecule has 2 nitrogen and oxygen atoms in total. The van der Waals surface area contributed by atoms with Crippen LogP contribution in [0.1, 0.15) is 78.6 Å². The zero-order chi connectivity index (χ0) is 14.4. The maximum absolute atomic E-state index is 4.92. The van der Waals surface area contributed by atoms with Gasteiger partial charge in [-0.3, -0.25) is 4.99 Å². The van der Waals surface area contributed by atoms with Gasteiger partial charge in [0.25, 0.3) is 0 Å². The zero-order valence-electron chi connectivity index (χ0n) is 13.6.